The molecule has 0 aromatic rings. The molecule has 0 spiro atoms. The summed E-state index contributed by atoms with van der Waals surface area (Å²) >= 11 is 0. The van der Waals surface area contributed by atoms with E-state index in [0.717, 1.165) is 57.8 Å². The highest BCUT2D eigenvalue weighted by molar-refractivity contribution is 5.80. The van der Waals surface area contributed by atoms with Gasteiger partial charge in [-0.15, -0.1) is 0 Å². The van der Waals surface area contributed by atoms with E-state index in [4.69, 9.17) is 27.4 Å². The van der Waals surface area contributed by atoms with Gasteiger partial charge in [-0.3, -0.25) is 25.2 Å². The highest BCUT2D eigenvalue weighted by atomic mass is 16.4. The Balaban J connectivity index is 3.95. The number of nitrogens with two attached hydrogens (primary N) is 2. The first-order valence-electron chi connectivity index (χ1n) is 12.2. The van der Waals surface area contributed by atoms with Crippen molar-refractivity contribution in [1.29, 1.82) is 10.8 Å². The van der Waals surface area contributed by atoms with Crippen molar-refractivity contribution >= 4 is 29.7 Å². The summed E-state index contributed by atoms with van der Waals surface area (Å²) in [5.74, 6) is -1.69. The lowest BCUT2D eigenvalue weighted by Gasteiger charge is -2.18. The van der Waals surface area contributed by atoms with E-state index in [-0.39, 0.29) is 43.0 Å². The van der Waals surface area contributed by atoms with Crippen LogP contribution in [0.4, 0.5) is 0 Å². The van der Waals surface area contributed by atoms with Gasteiger partial charge >= 0.3 is 5.97 Å². The standard InChI is InChI=1S/C22H44N8O4/c23-21(24)27-14-10-6-2-1-4-8-12-18(31)29-17(16-20(33)34)30-19(32)13-9-5-3-7-11-15-28-22(25)26/h17H,1-16H2,(H,29,31)(H,30,32)(H,33,34)(H4,23,24,27)(H4,25,26,28)/t17-/m0/s1. The third-order valence-electron chi connectivity index (χ3n) is 5.09. The summed E-state index contributed by atoms with van der Waals surface area (Å²) in [5, 5.41) is 33.9. The quantitative estimate of drug-likeness (QED) is 0.0495. The van der Waals surface area contributed by atoms with Crippen molar-refractivity contribution in [3.8, 4) is 0 Å². The maximum Gasteiger partial charge on any atom is 0.307 e. The Hall–Kier alpha value is -3.05. The number of nitrogens with one attached hydrogen (secondary N) is 6. The molecule has 0 aliphatic rings. The predicted octanol–water partition coefficient (Wildman–Crippen LogP) is 1.06. The lowest BCUT2D eigenvalue weighted by molar-refractivity contribution is -0.138. The van der Waals surface area contributed by atoms with Gasteiger partial charge < -0.3 is 37.8 Å². The van der Waals surface area contributed by atoms with Crippen LogP contribution in [0.2, 0.25) is 0 Å². The molecule has 0 saturated heterocycles. The van der Waals surface area contributed by atoms with Gasteiger partial charge in [0, 0.05) is 25.9 Å². The van der Waals surface area contributed by atoms with Crippen molar-refractivity contribution in [3.05, 3.63) is 0 Å². The van der Waals surface area contributed by atoms with Crippen LogP contribution >= 0.6 is 0 Å². The molecule has 0 aliphatic heterocycles. The van der Waals surface area contributed by atoms with Crippen LogP contribution in [0.5, 0.6) is 0 Å². The molecule has 0 rings (SSSR count). The molecule has 0 bridgehead atoms. The van der Waals surface area contributed by atoms with Gasteiger partial charge in [-0.25, -0.2) is 0 Å². The first-order valence-corrected chi connectivity index (χ1v) is 12.2. The summed E-state index contributed by atoms with van der Waals surface area (Å²) in [5.41, 5.74) is 10.4. The molecule has 0 heterocycles. The molecule has 196 valence electrons. The first kappa shape index (κ1) is 30.9. The second-order valence-electron chi connectivity index (χ2n) is 8.36. The molecule has 34 heavy (non-hydrogen) atoms. The van der Waals surface area contributed by atoms with Gasteiger partial charge in [-0.05, 0) is 25.7 Å². The SMILES string of the molecule is N=C(N)NCCCCCCCCC(=O)N[C@H](CC(=O)O)NC(=O)CCCCCCCNC(=N)N. The van der Waals surface area contributed by atoms with Crippen LogP contribution in [0.15, 0.2) is 0 Å². The van der Waals surface area contributed by atoms with Crippen LogP contribution in [0.3, 0.4) is 0 Å². The molecule has 0 unspecified atom stereocenters. The van der Waals surface area contributed by atoms with E-state index in [1.54, 1.807) is 0 Å². The van der Waals surface area contributed by atoms with Crippen molar-refractivity contribution in [1.82, 2.24) is 21.3 Å². The highest BCUT2D eigenvalue weighted by Crippen LogP contribution is 2.08. The molecule has 0 saturated carbocycles. The fraction of sp³-hybridized carbons (Fsp3) is 0.773. The minimum Gasteiger partial charge on any atom is -0.481 e. The van der Waals surface area contributed by atoms with Crippen LogP contribution in [-0.2, 0) is 14.4 Å². The molecule has 1 atom stereocenters. The molecular formula is C22H44N8O4. The normalized spacial score (nSPS) is 11.3. The van der Waals surface area contributed by atoms with Gasteiger partial charge in [-0.2, -0.15) is 0 Å². The minimum absolute atomic E-state index is 0.0185. The number of carboxylic acid groups (broad SMARTS) is 1. The number of aliphatic carboxylic acids is 1. The molecule has 0 aliphatic carbocycles. The van der Waals surface area contributed by atoms with E-state index < -0.39 is 12.1 Å². The van der Waals surface area contributed by atoms with Gasteiger partial charge in [-0.1, -0.05) is 44.9 Å². The molecule has 12 nitrogen and oxygen atoms in total. The second-order valence-corrected chi connectivity index (χ2v) is 8.36. The van der Waals surface area contributed by atoms with E-state index in [2.05, 4.69) is 21.3 Å². The van der Waals surface area contributed by atoms with Crippen LogP contribution in [0.1, 0.15) is 89.9 Å². The number of hydrogen-bond donors (Lipinski definition) is 9. The van der Waals surface area contributed by atoms with Gasteiger partial charge in [0.15, 0.2) is 11.9 Å². The zero-order valence-corrected chi connectivity index (χ0v) is 20.2. The van der Waals surface area contributed by atoms with Gasteiger partial charge in [0.05, 0.1) is 6.42 Å². The number of amides is 2. The number of carbonyl (C=O) groups is 3. The smallest absolute Gasteiger partial charge is 0.307 e. The summed E-state index contributed by atoms with van der Waals surface area (Å²) in [6, 6.07) is 0. The summed E-state index contributed by atoms with van der Waals surface area (Å²) in [6.07, 6.45) is 9.26. The van der Waals surface area contributed by atoms with E-state index in [1.165, 1.54) is 0 Å². The summed E-state index contributed by atoms with van der Waals surface area (Å²) in [6.45, 7) is 1.35. The molecule has 12 heteroatoms. The monoisotopic (exact) mass is 484 g/mol. The Morgan fingerprint density at radius 2 is 1.00 bits per heavy atom. The Morgan fingerprint density at radius 3 is 1.35 bits per heavy atom. The van der Waals surface area contributed by atoms with Crippen molar-refractivity contribution in [3.63, 3.8) is 0 Å². The van der Waals surface area contributed by atoms with E-state index in [0.29, 0.717) is 25.9 Å². The molecule has 11 N–H and O–H groups in total. The lowest BCUT2D eigenvalue weighted by Crippen LogP contribution is -2.49. The average Bonchev–Trinajstić information content (AvgIpc) is 2.73. The zero-order chi connectivity index (χ0) is 25.6. The maximum atomic E-state index is 12.2. The van der Waals surface area contributed by atoms with Crippen LogP contribution in [-0.4, -0.2) is 54.1 Å². The van der Waals surface area contributed by atoms with Crippen molar-refractivity contribution in [2.75, 3.05) is 13.1 Å². The van der Waals surface area contributed by atoms with Crippen LogP contribution in [0.25, 0.3) is 0 Å². The van der Waals surface area contributed by atoms with Crippen molar-refractivity contribution in [2.45, 2.75) is 96.1 Å². The van der Waals surface area contributed by atoms with Crippen LogP contribution in [0, 0.1) is 10.8 Å². The molecule has 0 aromatic heterocycles. The summed E-state index contributed by atoms with van der Waals surface area (Å²) < 4.78 is 0. The fourth-order valence-electron chi connectivity index (χ4n) is 3.35. The van der Waals surface area contributed by atoms with Crippen molar-refractivity contribution in [2.24, 2.45) is 11.5 Å². The molecule has 0 fully saturated rings. The Bertz CT molecular complexity index is 630. The zero-order valence-electron chi connectivity index (χ0n) is 20.2. The minimum atomic E-state index is -1.09. The van der Waals surface area contributed by atoms with Gasteiger partial charge in [0.25, 0.3) is 0 Å². The molecular weight excluding hydrogens is 440 g/mol. The predicted molar refractivity (Wildman–Crippen MR) is 132 cm³/mol. The number of hydrogen-bond acceptors (Lipinski definition) is 5. The highest BCUT2D eigenvalue weighted by Gasteiger charge is 2.18. The number of rotatable bonds is 21. The topological polar surface area (TPSA) is 219 Å². The summed E-state index contributed by atoms with van der Waals surface area (Å²) in [4.78, 5) is 35.4. The Labute approximate surface area is 202 Å². The number of carbonyl (C=O) groups excluding carboxylic acids is 2. The Kier molecular flexibility index (Phi) is 18.7. The molecule has 0 aromatic carbocycles. The van der Waals surface area contributed by atoms with Crippen LogP contribution < -0.4 is 32.7 Å². The third kappa shape index (κ3) is 22.2. The lowest BCUT2D eigenvalue weighted by atomic mass is 10.1. The molecule has 2 amide bonds. The average molecular weight is 485 g/mol. The van der Waals surface area contributed by atoms with Gasteiger partial charge in [0.1, 0.15) is 6.17 Å². The first-order chi connectivity index (χ1) is 16.2. The number of carboxylic acids is 1. The number of unbranched alkanes of at least 4 members (excludes halogenated alkanes) is 9. The Morgan fingerprint density at radius 1 is 0.647 bits per heavy atom. The third-order valence-corrected chi connectivity index (χ3v) is 5.09. The largest absolute Gasteiger partial charge is 0.481 e. The second kappa shape index (κ2) is 20.5. The van der Waals surface area contributed by atoms with E-state index in [1.807, 2.05) is 0 Å². The van der Waals surface area contributed by atoms with E-state index >= 15 is 0 Å². The molecule has 0 radical (unpaired) electrons. The fourth-order valence-corrected chi connectivity index (χ4v) is 3.35. The van der Waals surface area contributed by atoms with Gasteiger partial charge in [0.2, 0.25) is 11.8 Å². The van der Waals surface area contributed by atoms with E-state index in [9.17, 15) is 14.4 Å². The summed E-state index contributed by atoms with van der Waals surface area (Å²) in [7, 11) is 0. The number of guanidine groups is 2. The maximum absolute atomic E-state index is 12.2. The van der Waals surface area contributed by atoms with Crippen molar-refractivity contribution < 1.29 is 19.5 Å².